The van der Waals surface area contributed by atoms with Crippen molar-refractivity contribution < 1.29 is 89.9 Å². The quantitative estimate of drug-likeness (QED) is 0.444. The third-order valence-corrected chi connectivity index (χ3v) is 0. The molecule has 0 heterocycles. The predicted octanol–water partition coefficient (Wildman–Crippen LogP) is -3.30. The zero-order valence-corrected chi connectivity index (χ0v) is 8.60. The Morgan fingerprint density at radius 3 is 0.500 bits per heavy atom. The summed E-state index contributed by atoms with van der Waals surface area (Å²) < 4.78 is 0. The summed E-state index contributed by atoms with van der Waals surface area (Å²) in [6.45, 7) is 0. The van der Waals surface area contributed by atoms with Crippen molar-refractivity contribution in [1.82, 2.24) is 0 Å². The third-order valence-electron chi connectivity index (χ3n) is 0. The van der Waals surface area contributed by atoms with E-state index in [2.05, 4.69) is 0 Å². The molecule has 8 N–H and O–H groups in total. The molecule has 0 atom stereocenters. The van der Waals surface area contributed by atoms with Crippen molar-refractivity contribution >= 4 is 0 Å². The summed E-state index contributed by atoms with van der Waals surface area (Å²) in [5.41, 5.74) is 0. The van der Waals surface area contributed by atoms with Gasteiger partial charge in [-0.2, -0.15) is 0 Å². The van der Waals surface area contributed by atoms with E-state index in [-0.39, 0.29) is 89.9 Å². The first-order valence-corrected chi connectivity index (χ1v) is 0. The normalized spacial score (nSPS) is 0. The number of hydrogen-bond acceptors (Lipinski definition) is 0. The number of rotatable bonds is 0. The fraction of sp³-hybridized carbons (Fsp3) is 0. The summed E-state index contributed by atoms with van der Waals surface area (Å²) in [6, 6.07) is 0. The van der Waals surface area contributed by atoms with Crippen molar-refractivity contribution in [2.24, 2.45) is 0 Å². The molecular formula is H8CeO4Zr. The molecule has 0 rings (SSSR count). The SMILES string of the molecule is O.O.O.O.[Ce].[Zr]. The van der Waals surface area contributed by atoms with Crippen molar-refractivity contribution in [1.29, 1.82) is 0 Å². The van der Waals surface area contributed by atoms with Crippen LogP contribution in [0.15, 0.2) is 0 Å². The molecule has 0 aromatic heterocycles. The minimum Gasteiger partial charge on any atom is -0.412 e. The van der Waals surface area contributed by atoms with Crippen molar-refractivity contribution in [3.05, 3.63) is 0 Å². The van der Waals surface area contributed by atoms with Gasteiger partial charge in [-0.25, -0.2) is 0 Å². The molecule has 0 fully saturated rings. The van der Waals surface area contributed by atoms with Crippen LogP contribution in [0.1, 0.15) is 0 Å². The van der Waals surface area contributed by atoms with Gasteiger partial charge in [0.05, 0.1) is 0 Å². The minimum atomic E-state index is 0. The van der Waals surface area contributed by atoms with Crippen LogP contribution in [-0.2, 0) is 26.2 Å². The molecule has 0 aliphatic rings. The fourth-order valence-electron chi connectivity index (χ4n) is 0. The van der Waals surface area contributed by atoms with Crippen LogP contribution in [0.3, 0.4) is 0 Å². The summed E-state index contributed by atoms with van der Waals surface area (Å²) >= 11 is 0. The van der Waals surface area contributed by atoms with Crippen LogP contribution in [0.2, 0.25) is 0 Å². The van der Waals surface area contributed by atoms with E-state index in [1.165, 1.54) is 0 Å². The Balaban J connectivity index is 0. The second kappa shape index (κ2) is 59.9. The molecule has 0 saturated carbocycles. The van der Waals surface area contributed by atoms with E-state index in [1.54, 1.807) is 0 Å². The molecule has 4 nitrogen and oxygen atoms in total. The maximum Gasteiger partial charge on any atom is 0 e. The third kappa shape index (κ3) is 36.0. The summed E-state index contributed by atoms with van der Waals surface area (Å²) in [6.07, 6.45) is 0. The Bertz CT molecular complexity index is 7.51. The number of hydrogen-bond donors (Lipinski definition) is 0. The van der Waals surface area contributed by atoms with E-state index < -0.39 is 0 Å². The standard InChI is InChI=1S/Ce.4H2O.Zr/h;4*1H2;. The van der Waals surface area contributed by atoms with Gasteiger partial charge in [0.25, 0.3) is 0 Å². The summed E-state index contributed by atoms with van der Waals surface area (Å²) in [5, 5.41) is 0. The van der Waals surface area contributed by atoms with Crippen LogP contribution in [-0.4, -0.2) is 21.9 Å². The second-order valence-electron chi connectivity index (χ2n) is 0. The van der Waals surface area contributed by atoms with Gasteiger partial charge >= 0.3 is 0 Å². The molecule has 6 heteroatoms. The van der Waals surface area contributed by atoms with E-state index in [4.69, 9.17) is 0 Å². The maximum atomic E-state index is 0. The van der Waals surface area contributed by atoms with Crippen molar-refractivity contribution in [3.8, 4) is 0 Å². The Morgan fingerprint density at radius 1 is 0.500 bits per heavy atom. The van der Waals surface area contributed by atoms with Gasteiger partial charge in [-0.15, -0.1) is 0 Å². The first kappa shape index (κ1) is 92.6. The average molecular weight is 303 g/mol. The van der Waals surface area contributed by atoms with Gasteiger partial charge in [0.2, 0.25) is 0 Å². The molecule has 6 heavy (non-hydrogen) atoms. The Hall–Kier alpha value is 2.10. The summed E-state index contributed by atoms with van der Waals surface area (Å²) in [5.74, 6) is 0. The monoisotopic (exact) mass is 302 g/mol. The van der Waals surface area contributed by atoms with Crippen LogP contribution in [0.25, 0.3) is 0 Å². The predicted molar refractivity (Wildman–Crippen MR) is 14.5 cm³/mol. The van der Waals surface area contributed by atoms with Gasteiger partial charge < -0.3 is 21.9 Å². The van der Waals surface area contributed by atoms with E-state index in [9.17, 15) is 0 Å². The van der Waals surface area contributed by atoms with E-state index >= 15 is 0 Å². The van der Waals surface area contributed by atoms with Crippen molar-refractivity contribution in [2.45, 2.75) is 0 Å². The first-order valence-electron chi connectivity index (χ1n) is 0. The zero-order chi connectivity index (χ0) is 0. The van der Waals surface area contributed by atoms with Crippen molar-refractivity contribution in [2.75, 3.05) is 0 Å². The van der Waals surface area contributed by atoms with Gasteiger partial charge in [0, 0.05) is 68.0 Å². The van der Waals surface area contributed by atoms with Crippen molar-refractivity contribution in [3.63, 3.8) is 0 Å². The molecular weight excluding hydrogens is 295 g/mol. The van der Waals surface area contributed by atoms with Gasteiger partial charge in [0.15, 0.2) is 0 Å². The largest absolute Gasteiger partial charge is 0.412 e. The fourth-order valence-corrected chi connectivity index (χ4v) is 0. The average Bonchev–Trinajstić information content (AvgIpc) is 0. The van der Waals surface area contributed by atoms with Gasteiger partial charge in [-0.3, -0.25) is 0 Å². The molecule has 0 bridgehead atoms. The zero-order valence-electron chi connectivity index (χ0n) is 3.00. The Morgan fingerprint density at radius 2 is 0.500 bits per heavy atom. The minimum absolute atomic E-state index is 0. The summed E-state index contributed by atoms with van der Waals surface area (Å²) in [7, 11) is 0. The van der Waals surface area contributed by atoms with Crippen LogP contribution >= 0.6 is 0 Å². The molecule has 40 valence electrons. The van der Waals surface area contributed by atoms with E-state index in [0.29, 0.717) is 0 Å². The Kier molecular flexibility index (Phi) is 925. The smallest absolute Gasteiger partial charge is 0 e. The van der Waals surface area contributed by atoms with Gasteiger partial charge in [0.1, 0.15) is 0 Å². The van der Waals surface area contributed by atoms with Crippen LogP contribution in [0.4, 0.5) is 0 Å². The molecule has 0 radical (unpaired) electrons. The van der Waals surface area contributed by atoms with Crippen LogP contribution in [0, 0.1) is 41.7 Å². The molecule has 0 amide bonds. The van der Waals surface area contributed by atoms with E-state index in [1.807, 2.05) is 0 Å². The Labute approximate surface area is 88.4 Å². The van der Waals surface area contributed by atoms with Crippen LogP contribution < -0.4 is 0 Å². The molecule has 0 saturated heterocycles. The van der Waals surface area contributed by atoms with Crippen LogP contribution in [0.5, 0.6) is 0 Å². The molecule has 0 aromatic carbocycles. The molecule has 0 spiro atoms. The van der Waals surface area contributed by atoms with Gasteiger partial charge in [-0.05, 0) is 0 Å². The van der Waals surface area contributed by atoms with E-state index in [0.717, 1.165) is 0 Å². The second-order valence-corrected chi connectivity index (χ2v) is 0. The maximum absolute atomic E-state index is 0. The molecule has 0 aliphatic carbocycles. The topological polar surface area (TPSA) is 126 Å². The molecule has 0 aliphatic heterocycles. The summed E-state index contributed by atoms with van der Waals surface area (Å²) in [4.78, 5) is 0. The molecule has 0 unspecified atom stereocenters. The van der Waals surface area contributed by atoms with Gasteiger partial charge in [-0.1, -0.05) is 0 Å². The first-order chi connectivity index (χ1) is 0. The molecule has 0 aromatic rings.